The second-order valence-electron chi connectivity index (χ2n) is 4.35. The van der Waals surface area contributed by atoms with E-state index in [-0.39, 0.29) is 5.91 Å². The maximum absolute atomic E-state index is 12.2. The summed E-state index contributed by atoms with van der Waals surface area (Å²) in [6.45, 7) is 3.95. The van der Waals surface area contributed by atoms with Crippen LogP contribution in [-0.2, 0) is 0 Å². The molecule has 0 aliphatic carbocycles. The molecule has 98 valence electrons. The lowest BCUT2D eigenvalue weighted by Crippen LogP contribution is -2.13. The van der Waals surface area contributed by atoms with E-state index in [1.807, 2.05) is 38.1 Å². The van der Waals surface area contributed by atoms with Gasteiger partial charge in [0.2, 0.25) is 0 Å². The van der Waals surface area contributed by atoms with E-state index in [2.05, 4.69) is 27.9 Å². The Balaban J connectivity index is 2.28. The molecular formula is C15H13ClINO. The van der Waals surface area contributed by atoms with Gasteiger partial charge in [-0.2, -0.15) is 0 Å². The van der Waals surface area contributed by atoms with E-state index in [0.717, 1.165) is 20.4 Å². The minimum atomic E-state index is -0.143. The maximum Gasteiger partial charge on any atom is 0.255 e. The lowest BCUT2D eigenvalue weighted by molar-refractivity contribution is 0.102. The number of nitrogens with one attached hydrogen (secondary N) is 1. The number of halogens is 2. The summed E-state index contributed by atoms with van der Waals surface area (Å²) in [4.78, 5) is 12.2. The van der Waals surface area contributed by atoms with Crippen LogP contribution in [0.3, 0.4) is 0 Å². The second-order valence-corrected chi connectivity index (χ2v) is 5.92. The molecule has 0 radical (unpaired) electrons. The summed E-state index contributed by atoms with van der Waals surface area (Å²) in [6.07, 6.45) is 0. The molecule has 0 heterocycles. The van der Waals surface area contributed by atoms with Crippen LogP contribution >= 0.6 is 34.2 Å². The zero-order valence-corrected chi connectivity index (χ0v) is 13.5. The molecule has 1 N–H and O–H groups in total. The molecule has 19 heavy (non-hydrogen) atoms. The van der Waals surface area contributed by atoms with Crippen molar-refractivity contribution >= 4 is 45.8 Å². The topological polar surface area (TPSA) is 29.1 Å². The third-order valence-electron chi connectivity index (χ3n) is 2.90. The quantitative estimate of drug-likeness (QED) is 0.738. The highest BCUT2D eigenvalue weighted by molar-refractivity contribution is 14.1. The van der Waals surface area contributed by atoms with Gasteiger partial charge in [0.1, 0.15) is 0 Å². The van der Waals surface area contributed by atoms with Crippen molar-refractivity contribution in [3.8, 4) is 0 Å². The van der Waals surface area contributed by atoms with Gasteiger partial charge in [-0.15, -0.1) is 0 Å². The molecular weight excluding hydrogens is 373 g/mol. The SMILES string of the molecule is Cc1cccc(C)c1NC(=O)c1ccc(I)c(Cl)c1. The van der Waals surface area contributed by atoms with Gasteiger partial charge in [-0.3, -0.25) is 4.79 Å². The third kappa shape index (κ3) is 3.28. The molecule has 2 aromatic rings. The number of aryl methyl sites for hydroxylation is 2. The van der Waals surface area contributed by atoms with Crippen LogP contribution in [0.2, 0.25) is 5.02 Å². The Morgan fingerprint density at radius 3 is 2.37 bits per heavy atom. The molecule has 0 aromatic heterocycles. The number of anilines is 1. The van der Waals surface area contributed by atoms with E-state index in [1.54, 1.807) is 12.1 Å². The Labute approximate surface area is 131 Å². The first kappa shape index (κ1) is 14.3. The molecule has 0 unspecified atom stereocenters. The summed E-state index contributed by atoms with van der Waals surface area (Å²) >= 11 is 8.17. The molecule has 0 saturated heterocycles. The van der Waals surface area contributed by atoms with E-state index in [4.69, 9.17) is 11.6 Å². The van der Waals surface area contributed by atoms with Crippen molar-refractivity contribution < 1.29 is 4.79 Å². The Morgan fingerprint density at radius 1 is 1.16 bits per heavy atom. The summed E-state index contributed by atoms with van der Waals surface area (Å²) in [5.74, 6) is -0.143. The standard InChI is InChI=1S/C15H13ClINO/c1-9-4-3-5-10(2)14(9)18-15(19)11-6-7-13(17)12(16)8-11/h3-8H,1-2H3,(H,18,19). The Kier molecular flexibility index (Phi) is 4.47. The number of benzene rings is 2. The highest BCUT2D eigenvalue weighted by atomic mass is 127. The van der Waals surface area contributed by atoms with Gasteiger partial charge in [0.05, 0.1) is 5.02 Å². The minimum Gasteiger partial charge on any atom is -0.322 e. The molecule has 0 aliphatic rings. The number of rotatable bonds is 2. The molecule has 4 heteroatoms. The summed E-state index contributed by atoms with van der Waals surface area (Å²) in [5, 5.41) is 3.53. The van der Waals surface area contributed by atoms with Crippen LogP contribution in [0.25, 0.3) is 0 Å². The molecule has 2 rings (SSSR count). The average Bonchev–Trinajstić information content (AvgIpc) is 2.37. The van der Waals surface area contributed by atoms with Gasteiger partial charge in [0, 0.05) is 14.8 Å². The van der Waals surface area contributed by atoms with Gasteiger partial charge in [0.15, 0.2) is 0 Å². The van der Waals surface area contributed by atoms with Crippen molar-refractivity contribution in [1.82, 2.24) is 0 Å². The van der Waals surface area contributed by atoms with Crippen LogP contribution in [0.4, 0.5) is 5.69 Å². The predicted octanol–water partition coefficient (Wildman–Crippen LogP) is 4.81. The monoisotopic (exact) mass is 385 g/mol. The summed E-state index contributed by atoms with van der Waals surface area (Å²) < 4.78 is 0.933. The number of hydrogen-bond acceptors (Lipinski definition) is 1. The smallest absolute Gasteiger partial charge is 0.255 e. The molecule has 2 nitrogen and oxygen atoms in total. The summed E-state index contributed by atoms with van der Waals surface area (Å²) in [6, 6.07) is 11.2. The van der Waals surface area contributed by atoms with E-state index in [0.29, 0.717) is 10.6 Å². The maximum atomic E-state index is 12.2. The second kappa shape index (κ2) is 5.92. The van der Waals surface area contributed by atoms with Crippen LogP contribution in [0, 0.1) is 17.4 Å². The molecule has 0 fully saturated rings. The fourth-order valence-corrected chi connectivity index (χ4v) is 2.35. The zero-order valence-electron chi connectivity index (χ0n) is 10.6. The largest absolute Gasteiger partial charge is 0.322 e. The van der Waals surface area contributed by atoms with Crippen molar-refractivity contribution in [1.29, 1.82) is 0 Å². The number of amides is 1. The van der Waals surface area contributed by atoms with Gasteiger partial charge in [0.25, 0.3) is 5.91 Å². The average molecular weight is 386 g/mol. The molecule has 0 saturated carbocycles. The first-order chi connectivity index (χ1) is 8.99. The van der Waals surface area contributed by atoms with Gasteiger partial charge >= 0.3 is 0 Å². The van der Waals surface area contributed by atoms with Crippen LogP contribution < -0.4 is 5.32 Å². The van der Waals surface area contributed by atoms with E-state index in [9.17, 15) is 4.79 Å². The van der Waals surface area contributed by atoms with E-state index in [1.165, 1.54) is 0 Å². The lowest BCUT2D eigenvalue weighted by atomic mass is 10.1. The first-order valence-electron chi connectivity index (χ1n) is 5.81. The lowest BCUT2D eigenvalue weighted by Gasteiger charge is -2.11. The normalized spacial score (nSPS) is 10.3. The number of para-hydroxylation sites is 1. The van der Waals surface area contributed by atoms with Gasteiger partial charge < -0.3 is 5.32 Å². The fraction of sp³-hybridized carbons (Fsp3) is 0.133. The molecule has 2 aromatic carbocycles. The van der Waals surface area contributed by atoms with Crippen molar-refractivity contribution in [3.05, 3.63) is 61.7 Å². The van der Waals surface area contributed by atoms with Gasteiger partial charge in [-0.1, -0.05) is 29.8 Å². The number of hydrogen-bond donors (Lipinski definition) is 1. The summed E-state index contributed by atoms with van der Waals surface area (Å²) in [7, 11) is 0. The minimum absolute atomic E-state index is 0.143. The van der Waals surface area contributed by atoms with Gasteiger partial charge in [-0.25, -0.2) is 0 Å². The Bertz CT molecular complexity index is 620. The predicted molar refractivity (Wildman–Crippen MR) is 88.0 cm³/mol. The molecule has 0 atom stereocenters. The molecule has 1 amide bonds. The van der Waals surface area contributed by atoms with Crippen LogP contribution in [0.1, 0.15) is 21.5 Å². The zero-order chi connectivity index (χ0) is 14.0. The van der Waals surface area contributed by atoms with Crippen LogP contribution in [0.5, 0.6) is 0 Å². The van der Waals surface area contributed by atoms with Crippen molar-refractivity contribution in [2.75, 3.05) is 5.32 Å². The van der Waals surface area contributed by atoms with E-state index >= 15 is 0 Å². The van der Waals surface area contributed by atoms with Crippen LogP contribution in [0.15, 0.2) is 36.4 Å². The molecule has 0 bridgehead atoms. The van der Waals surface area contributed by atoms with Gasteiger partial charge in [-0.05, 0) is 65.8 Å². The number of carbonyl (C=O) groups is 1. The highest BCUT2D eigenvalue weighted by Crippen LogP contribution is 2.23. The highest BCUT2D eigenvalue weighted by Gasteiger charge is 2.10. The van der Waals surface area contributed by atoms with Crippen molar-refractivity contribution in [3.63, 3.8) is 0 Å². The van der Waals surface area contributed by atoms with E-state index < -0.39 is 0 Å². The first-order valence-corrected chi connectivity index (χ1v) is 7.27. The third-order valence-corrected chi connectivity index (χ3v) is 4.47. The molecule has 0 aliphatic heterocycles. The van der Waals surface area contributed by atoms with Crippen molar-refractivity contribution in [2.45, 2.75) is 13.8 Å². The van der Waals surface area contributed by atoms with Crippen LogP contribution in [-0.4, -0.2) is 5.91 Å². The fourth-order valence-electron chi connectivity index (χ4n) is 1.83. The Hall–Kier alpha value is -1.07. The summed E-state index contributed by atoms with van der Waals surface area (Å²) in [5.41, 5.74) is 3.52. The van der Waals surface area contributed by atoms with Crippen molar-refractivity contribution in [2.24, 2.45) is 0 Å². The molecule has 0 spiro atoms. The Morgan fingerprint density at radius 2 is 1.79 bits per heavy atom. The number of carbonyl (C=O) groups excluding carboxylic acids is 1.